The molecule has 0 aliphatic heterocycles. The fourth-order valence-electron chi connectivity index (χ4n) is 2.53. The molecule has 7 nitrogen and oxygen atoms in total. The molecule has 0 aliphatic carbocycles. The third-order valence-electron chi connectivity index (χ3n) is 3.91. The molecule has 2 aromatic rings. The highest BCUT2D eigenvalue weighted by Gasteiger charge is 2.18. The number of phenols is 1. The third-order valence-corrected chi connectivity index (χ3v) is 3.91. The summed E-state index contributed by atoms with van der Waals surface area (Å²) in [4.78, 5) is 12.6. The van der Waals surface area contributed by atoms with Crippen LogP contribution in [0.1, 0.15) is 15.9 Å². The molecule has 2 aromatic carbocycles. The van der Waals surface area contributed by atoms with E-state index in [0.29, 0.717) is 28.6 Å². The second kappa shape index (κ2) is 8.84. The standard InChI is InChI=1S/C20H22O7/c1-23-13-9-15(22)20(19(10-13)27-5)14(21)7-6-12-8-17(25-3)18(26-4)11-16(12)24-2/h6-11,22H,1-5H3/b7-6-. The van der Waals surface area contributed by atoms with Crippen molar-refractivity contribution in [3.63, 3.8) is 0 Å². The number of ether oxygens (including phenoxy) is 5. The van der Waals surface area contributed by atoms with E-state index in [0.717, 1.165) is 0 Å². The molecule has 0 spiro atoms. The van der Waals surface area contributed by atoms with E-state index in [1.54, 1.807) is 18.2 Å². The number of allylic oxidation sites excluding steroid dienone is 1. The van der Waals surface area contributed by atoms with Gasteiger partial charge in [-0.1, -0.05) is 0 Å². The molecule has 0 amide bonds. The molecular weight excluding hydrogens is 352 g/mol. The Morgan fingerprint density at radius 3 is 1.93 bits per heavy atom. The molecule has 0 aromatic heterocycles. The molecule has 0 unspecified atom stereocenters. The molecule has 0 saturated heterocycles. The van der Waals surface area contributed by atoms with Gasteiger partial charge in [-0.3, -0.25) is 4.79 Å². The first-order valence-electron chi connectivity index (χ1n) is 7.96. The van der Waals surface area contributed by atoms with Crippen molar-refractivity contribution in [1.29, 1.82) is 0 Å². The van der Waals surface area contributed by atoms with E-state index < -0.39 is 5.78 Å². The van der Waals surface area contributed by atoms with E-state index in [-0.39, 0.29) is 17.1 Å². The van der Waals surface area contributed by atoms with Crippen molar-refractivity contribution >= 4 is 11.9 Å². The van der Waals surface area contributed by atoms with Crippen LogP contribution < -0.4 is 23.7 Å². The number of phenolic OH excluding ortho intramolecular Hbond substituents is 1. The molecule has 1 N–H and O–H groups in total. The molecule has 0 aliphatic rings. The van der Waals surface area contributed by atoms with Gasteiger partial charge in [0, 0.05) is 23.8 Å². The molecule has 0 heterocycles. The minimum absolute atomic E-state index is 0.0361. The number of carbonyl (C=O) groups is 1. The van der Waals surface area contributed by atoms with Crippen LogP contribution in [0.2, 0.25) is 0 Å². The van der Waals surface area contributed by atoms with Crippen molar-refractivity contribution in [1.82, 2.24) is 0 Å². The van der Waals surface area contributed by atoms with Gasteiger partial charge in [-0.05, 0) is 18.2 Å². The lowest BCUT2D eigenvalue weighted by Gasteiger charge is -2.12. The van der Waals surface area contributed by atoms with Gasteiger partial charge in [0.05, 0.1) is 35.5 Å². The molecular formula is C20H22O7. The van der Waals surface area contributed by atoms with Crippen LogP contribution in [0.25, 0.3) is 6.08 Å². The van der Waals surface area contributed by atoms with E-state index >= 15 is 0 Å². The largest absolute Gasteiger partial charge is 0.507 e. The van der Waals surface area contributed by atoms with Gasteiger partial charge >= 0.3 is 0 Å². The van der Waals surface area contributed by atoms with Gasteiger partial charge < -0.3 is 28.8 Å². The van der Waals surface area contributed by atoms with Crippen molar-refractivity contribution in [2.45, 2.75) is 0 Å². The Morgan fingerprint density at radius 1 is 0.778 bits per heavy atom. The van der Waals surface area contributed by atoms with Crippen LogP contribution in [-0.4, -0.2) is 46.4 Å². The zero-order valence-corrected chi connectivity index (χ0v) is 15.9. The van der Waals surface area contributed by atoms with Gasteiger partial charge in [0.15, 0.2) is 17.3 Å². The lowest BCUT2D eigenvalue weighted by atomic mass is 10.1. The molecule has 0 atom stereocenters. The maximum absolute atomic E-state index is 12.6. The molecule has 2 rings (SSSR count). The number of aromatic hydroxyl groups is 1. The Balaban J connectivity index is 2.43. The second-order valence-corrected chi connectivity index (χ2v) is 5.37. The van der Waals surface area contributed by atoms with Crippen molar-refractivity contribution < 1.29 is 33.6 Å². The number of rotatable bonds is 8. The number of methoxy groups -OCH3 is 5. The van der Waals surface area contributed by atoms with Gasteiger partial charge in [-0.15, -0.1) is 0 Å². The zero-order chi connectivity index (χ0) is 20.0. The van der Waals surface area contributed by atoms with Crippen molar-refractivity contribution in [2.75, 3.05) is 35.5 Å². The summed E-state index contributed by atoms with van der Waals surface area (Å²) >= 11 is 0. The average molecular weight is 374 g/mol. The predicted molar refractivity (Wildman–Crippen MR) is 101 cm³/mol. The Morgan fingerprint density at radius 2 is 1.37 bits per heavy atom. The van der Waals surface area contributed by atoms with Crippen molar-refractivity contribution in [3.05, 3.63) is 41.5 Å². The fraction of sp³-hybridized carbons (Fsp3) is 0.250. The third kappa shape index (κ3) is 4.25. The Kier molecular flexibility index (Phi) is 6.54. The molecule has 144 valence electrons. The normalized spacial score (nSPS) is 10.6. The van der Waals surface area contributed by atoms with Gasteiger partial charge in [0.2, 0.25) is 0 Å². The second-order valence-electron chi connectivity index (χ2n) is 5.37. The average Bonchev–Trinajstić information content (AvgIpc) is 2.70. The van der Waals surface area contributed by atoms with E-state index in [2.05, 4.69) is 0 Å². The first-order chi connectivity index (χ1) is 13.0. The topological polar surface area (TPSA) is 83.5 Å². The molecule has 0 fully saturated rings. The summed E-state index contributed by atoms with van der Waals surface area (Å²) < 4.78 is 26.1. The van der Waals surface area contributed by atoms with E-state index in [4.69, 9.17) is 23.7 Å². The summed E-state index contributed by atoms with van der Waals surface area (Å²) in [6.07, 6.45) is 2.88. The molecule has 0 bridgehead atoms. The lowest BCUT2D eigenvalue weighted by Crippen LogP contribution is -2.01. The van der Waals surface area contributed by atoms with Crippen LogP contribution in [0.3, 0.4) is 0 Å². The molecule has 0 radical (unpaired) electrons. The van der Waals surface area contributed by atoms with Gasteiger partial charge in [0.1, 0.15) is 28.6 Å². The SMILES string of the molecule is COc1cc(O)c(C(=O)/C=C\c2cc(OC)c(OC)cc2OC)c(OC)c1. The maximum atomic E-state index is 12.6. The maximum Gasteiger partial charge on any atom is 0.193 e. The van der Waals surface area contributed by atoms with Gasteiger partial charge in [0.25, 0.3) is 0 Å². The van der Waals surface area contributed by atoms with Crippen molar-refractivity contribution in [3.8, 4) is 34.5 Å². The van der Waals surface area contributed by atoms with Gasteiger partial charge in [-0.25, -0.2) is 0 Å². The first-order valence-corrected chi connectivity index (χ1v) is 7.96. The Bertz CT molecular complexity index is 856. The summed E-state index contributed by atoms with van der Waals surface area (Å²) in [6.45, 7) is 0. The summed E-state index contributed by atoms with van der Waals surface area (Å²) in [6, 6.07) is 6.22. The van der Waals surface area contributed by atoms with Crippen LogP contribution >= 0.6 is 0 Å². The summed E-state index contributed by atoms with van der Waals surface area (Å²) in [7, 11) is 7.42. The molecule has 7 heteroatoms. The number of carbonyl (C=O) groups excluding carboxylic acids is 1. The first kappa shape index (κ1) is 20.0. The van der Waals surface area contributed by atoms with E-state index in [1.165, 1.54) is 53.8 Å². The zero-order valence-electron chi connectivity index (χ0n) is 15.9. The van der Waals surface area contributed by atoms with Crippen LogP contribution in [-0.2, 0) is 0 Å². The smallest absolute Gasteiger partial charge is 0.193 e. The van der Waals surface area contributed by atoms with Crippen LogP contribution in [0, 0.1) is 0 Å². The van der Waals surface area contributed by atoms with E-state index in [9.17, 15) is 9.90 Å². The van der Waals surface area contributed by atoms with E-state index in [1.807, 2.05) is 0 Å². The predicted octanol–water partition coefficient (Wildman–Crippen LogP) is 3.33. The summed E-state index contributed by atoms with van der Waals surface area (Å²) in [5, 5.41) is 10.2. The minimum Gasteiger partial charge on any atom is -0.507 e. The summed E-state index contributed by atoms with van der Waals surface area (Å²) in [5.41, 5.74) is 0.643. The quantitative estimate of drug-likeness (QED) is 0.560. The Hall–Kier alpha value is -3.35. The highest BCUT2D eigenvalue weighted by Crippen LogP contribution is 2.36. The van der Waals surface area contributed by atoms with Crippen molar-refractivity contribution in [2.24, 2.45) is 0 Å². The summed E-state index contributed by atoms with van der Waals surface area (Å²) in [5.74, 6) is 1.42. The minimum atomic E-state index is -0.441. The van der Waals surface area contributed by atoms with Crippen LogP contribution in [0.4, 0.5) is 0 Å². The lowest BCUT2D eigenvalue weighted by molar-refractivity contribution is 0.104. The fourth-order valence-corrected chi connectivity index (χ4v) is 2.53. The Labute approximate surface area is 157 Å². The number of hydrogen-bond acceptors (Lipinski definition) is 7. The number of ketones is 1. The highest BCUT2D eigenvalue weighted by molar-refractivity contribution is 6.10. The highest BCUT2D eigenvalue weighted by atomic mass is 16.5. The van der Waals surface area contributed by atoms with Crippen LogP contribution in [0.15, 0.2) is 30.3 Å². The number of benzene rings is 2. The molecule has 27 heavy (non-hydrogen) atoms. The monoisotopic (exact) mass is 374 g/mol. The number of hydrogen-bond donors (Lipinski definition) is 1. The van der Waals surface area contributed by atoms with Gasteiger partial charge in [-0.2, -0.15) is 0 Å². The van der Waals surface area contributed by atoms with Crippen LogP contribution in [0.5, 0.6) is 34.5 Å². The molecule has 0 saturated carbocycles.